The molecule has 6 nitrogen and oxygen atoms in total. The van der Waals surface area contributed by atoms with E-state index < -0.39 is 5.97 Å². The van der Waals surface area contributed by atoms with Crippen LogP contribution in [0.25, 0.3) is 11.3 Å². The normalized spacial score (nSPS) is 11.2. The lowest BCUT2D eigenvalue weighted by atomic mass is 10.0. The van der Waals surface area contributed by atoms with Gasteiger partial charge < -0.3 is 5.11 Å². The highest BCUT2D eigenvalue weighted by atomic mass is 16.4. The van der Waals surface area contributed by atoms with Crippen molar-refractivity contribution in [1.82, 2.24) is 19.7 Å². The minimum atomic E-state index is -0.952. The van der Waals surface area contributed by atoms with Gasteiger partial charge in [-0.3, -0.25) is 4.98 Å². The first-order valence-electron chi connectivity index (χ1n) is 10.2. The number of carbonyl (C=O) groups is 1. The number of carboxylic acid groups (broad SMARTS) is 1. The lowest BCUT2D eigenvalue weighted by Crippen LogP contribution is -2.08. The van der Waals surface area contributed by atoms with Gasteiger partial charge in [-0.15, -0.1) is 0 Å². The Hall–Kier alpha value is -3.02. The Labute approximate surface area is 171 Å². The second kappa shape index (κ2) is 9.45. The summed E-state index contributed by atoms with van der Waals surface area (Å²) in [5.41, 5.74) is 2.54. The van der Waals surface area contributed by atoms with Crippen molar-refractivity contribution in [2.75, 3.05) is 0 Å². The van der Waals surface area contributed by atoms with Crippen molar-refractivity contribution >= 4 is 5.97 Å². The summed E-state index contributed by atoms with van der Waals surface area (Å²) in [7, 11) is 0. The lowest BCUT2D eigenvalue weighted by Gasteiger charge is -2.08. The number of aryl methyl sites for hydroxylation is 1. The summed E-state index contributed by atoms with van der Waals surface area (Å²) < 4.78 is 1.98. The van der Waals surface area contributed by atoms with Crippen molar-refractivity contribution in [2.45, 2.75) is 58.9 Å². The summed E-state index contributed by atoms with van der Waals surface area (Å²) in [4.78, 5) is 20.7. The number of rotatable bonds is 9. The monoisotopic (exact) mass is 392 g/mol. The van der Waals surface area contributed by atoms with Crippen LogP contribution in [-0.4, -0.2) is 30.8 Å². The van der Waals surface area contributed by atoms with Crippen LogP contribution in [0.15, 0.2) is 42.6 Å². The number of unbranched alkanes of at least 4 members (excludes halogenated alkanes) is 2. The summed E-state index contributed by atoms with van der Waals surface area (Å²) in [6, 6.07) is 10.8. The molecule has 0 unspecified atom stereocenters. The molecule has 0 spiro atoms. The predicted octanol–water partition coefficient (Wildman–Crippen LogP) is 4.94. The SMILES string of the molecule is CCCCCc1nc(C(C)C)nn1Cc1ccc(-c2ccccc2C(=O)O)nc1. The van der Waals surface area contributed by atoms with E-state index in [9.17, 15) is 9.90 Å². The smallest absolute Gasteiger partial charge is 0.336 e. The van der Waals surface area contributed by atoms with Crippen LogP contribution >= 0.6 is 0 Å². The first-order valence-corrected chi connectivity index (χ1v) is 10.2. The van der Waals surface area contributed by atoms with E-state index in [1.807, 2.05) is 22.9 Å². The number of nitrogens with zero attached hydrogens (tertiary/aromatic N) is 4. The Bertz CT molecular complexity index is 961. The van der Waals surface area contributed by atoms with Crippen LogP contribution in [0.2, 0.25) is 0 Å². The molecule has 0 aliphatic carbocycles. The highest BCUT2D eigenvalue weighted by molar-refractivity contribution is 5.95. The van der Waals surface area contributed by atoms with Crippen LogP contribution < -0.4 is 0 Å². The highest BCUT2D eigenvalue weighted by Gasteiger charge is 2.14. The molecule has 0 saturated heterocycles. The minimum Gasteiger partial charge on any atom is -0.478 e. The second-order valence-corrected chi connectivity index (χ2v) is 7.56. The van der Waals surface area contributed by atoms with Gasteiger partial charge in [-0.2, -0.15) is 5.10 Å². The fourth-order valence-corrected chi connectivity index (χ4v) is 3.23. The number of benzene rings is 1. The maximum absolute atomic E-state index is 11.5. The minimum absolute atomic E-state index is 0.254. The van der Waals surface area contributed by atoms with Gasteiger partial charge in [0.1, 0.15) is 5.82 Å². The quantitative estimate of drug-likeness (QED) is 0.522. The van der Waals surface area contributed by atoms with Gasteiger partial charge in [0.05, 0.1) is 17.8 Å². The molecule has 3 rings (SSSR count). The molecule has 0 saturated carbocycles. The van der Waals surface area contributed by atoms with Crippen molar-refractivity contribution in [3.8, 4) is 11.3 Å². The van der Waals surface area contributed by atoms with Gasteiger partial charge in [-0.1, -0.05) is 57.9 Å². The molecule has 2 heterocycles. The van der Waals surface area contributed by atoms with Gasteiger partial charge >= 0.3 is 5.97 Å². The largest absolute Gasteiger partial charge is 0.478 e. The first kappa shape index (κ1) is 20.7. The predicted molar refractivity (Wildman–Crippen MR) is 113 cm³/mol. The van der Waals surface area contributed by atoms with Gasteiger partial charge in [-0.25, -0.2) is 14.5 Å². The fraction of sp³-hybridized carbons (Fsp3) is 0.391. The zero-order valence-electron chi connectivity index (χ0n) is 17.3. The Morgan fingerprint density at radius 1 is 1.14 bits per heavy atom. The molecule has 0 aliphatic rings. The molecular formula is C23H28N4O2. The van der Waals surface area contributed by atoms with Gasteiger partial charge in [-0.05, 0) is 24.1 Å². The maximum atomic E-state index is 11.5. The van der Waals surface area contributed by atoms with Crippen molar-refractivity contribution in [2.24, 2.45) is 0 Å². The third kappa shape index (κ3) is 5.08. The molecule has 6 heteroatoms. The molecule has 1 N–H and O–H groups in total. The molecule has 3 aromatic rings. The van der Waals surface area contributed by atoms with E-state index in [0.717, 1.165) is 30.1 Å². The van der Waals surface area contributed by atoms with Crippen LogP contribution in [0.1, 0.15) is 73.5 Å². The second-order valence-electron chi connectivity index (χ2n) is 7.56. The Morgan fingerprint density at radius 2 is 1.93 bits per heavy atom. The average Bonchev–Trinajstić information content (AvgIpc) is 3.12. The average molecular weight is 393 g/mol. The summed E-state index contributed by atoms with van der Waals surface area (Å²) >= 11 is 0. The maximum Gasteiger partial charge on any atom is 0.336 e. The summed E-state index contributed by atoms with van der Waals surface area (Å²) in [5, 5.41) is 14.1. The van der Waals surface area contributed by atoms with Gasteiger partial charge in [0.2, 0.25) is 0 Å². The third-order valence-electron chi connectivity index (χ3n) is 4.88. The molecule has 0 aliphatic heterocycles. The van der Waals surface area contributed by atoms with Gasteiger partial charge in [0.25, 0.3) is 0 Å². The van der Waals surface area contributed by atoms with Crippen molar-refractivity contribution in [3.05, 3.63) is 65.4 Å². The van der Waals surface area contributed by atoms with E-state index in [2.05, 4.69) is 25.8 Å². The Kier molecular flexibility index (Phi) is 6.75. The van der Waals surface area contributed by atoms with Crippen LogP contribution in [-0.2, 0) is 13.0 Å². The molecule has 2 aromatic heterocycles. The Balaban J connectivity index is 1.82. The first-order chi connectivity index (χ1) is 14.0. The highest BCUT2D eigenvalue weighted by Crippen LogP contribution is 2.22. The van der Waals surface area contributed by atoms with E-state index in [4.69, 9.17) is 10.1 Å². The lowest BCUT2D eigenvalue weighted by molar-refractivity contribution is 0.0697. The van der Waals surface area contributed by atoms with Crippen LogP contribution in [0, 0.1) is 0 Å². The van der Waals surface area contributed by atoms with Gasteiger partial charge in [0.15, 0.2) is 5.82 Å². The number of hydrogen-bond donors (Lipinski definition) is 1. The van der Waals surface area contributed by atoms with E-state index in [0.29, 0.717) is 17.8 Å². The number of pyridine rings is 1. The van der Waals surface area contributed by atoms with Gasteiger partial charge in [0, 0.05) is 24.1 Å². The molecule has 0 amide bonds. The van der Waals surface area contributed by atoms with Crippen LogP contribution in [0.3, 0.4) is 0 Å². The van der Waals surface area contributed by atoms with Crippen molar-refractivity contribution in [3.63, 3.8) is 0 Å². The van der Waals surface area contributed by atoms with Crippen LogP contribution in [0.4, 0.5) is 0 Å². The van der Waals surface area contributed by atoms with Crippen molar-refractivity contribution in [1.29, 1.82) is 0 Å². The van der Waals surface area contributed by atoms with E-state index in [-0.39, 0.29) is 11.5 Å². The summed E-state index contributed by atoms with van der Waals surface area (Å²) in [5.74, 6) is 1.22. The van der Waals surface area contributed by atoms with E-state index >= 15 is 0 Å². The topological polar surface area (TPSA) is 80.9 Å². The molecular weight excluding hydrogens is 364 g/mol. The number of hydrogen-bond acceptors (Lipinski definition) is 4. The zero-order valence-corrected chi connectivity index (χ0v) is 17.3. The molecule has 29 heavy (non-hydrogen) atoms. The number of aromatic nitrogens is 4. The van der Waals surface area contributed by atoms with Crippen LogP contribution in [0.5, 0.6) is 0 Å². The molecule has 0 radical (unpaired) electrons. The molecule has 0 atom stereocenters. The van der Waals surface area contributed by atoms with E-state index in [1.165, 1.54) is 12.8 Å². The molecule has 0 bridgehead atoms. The molecule has 0 fully saturated rings. The summed E-state index contributed by atoms with van der Waals surface area (Å²) in [6.07, 6.45) is 6.18. The number of carboxylic acids is 1. The summed E-state index contributed by atoms with van der Waals surface area (Å²) in [6.45, 7) is 7.01. The Morgan fingerprint density at radius 3 is 2.59 bits per heavy atom. The fourth-order valence-electron chi connectivity index (χ4n) is 3.23. The van der Waals surface area contributed by atoms with E-state index in [1.54, 1.807) is 24.4 Å². The molecule has 152 valence electrons. The van der Waals surface area contributed by atoms with Crippen molar-refractivity contribution < 1.29 is 9.90 Å². The zero-order chi connectivity index (χ0) is 20.8. The third-order valence-corrected chi connectivity index (χ3v) is 4.88. The standard InChI is InChI=1S/C23H28N4O2/c1-4-5-6-11-21-25-22(16(2)3)26-27(21)15-17-12-13-20(24-14-17)18-9-7-8-10-19(18)23(28)29/h7-10,12-14,16H,4-6,11,15H2,1-3H3,(H,28,29). The molecule has 1 aromatic carbocycles. The number of aromatic carboxylic acids is 1.